The van der Waals surface area contributed by atoms with Crippen molar-refractivity contribution in [2.24, 2.45) is 0 Å². The molecule has 3 unspecified atom stereocenters. The smallest absolute Gasteiger partial charge is 0.243 e. The number of rotatable bonds is 4. The summed E-state index contributed by atoms with van der Waals surface area (Å²) in [4.78, 5) is 14.6. The van der Waals surface area contributed by atoms with Crippen molar-refractivity contribution in [1.82, 2.24) is 10.2 Å². The summed E-state index contributed by atoms with van der Waals surface area (Å²) in [6.45, 7) is 4.29. The number of carbonyl (C=O) groups excluding carboxylic acids is 1. The zero-order valence-corrected chi connectivity index (χ0v) is 11.6. The van der Waals surface area contributed by atoms with Crippen LogP contribution in [0.5, 0.6) is 0 Å². The van der Waals surface area contributed by atoms with Crippen molar-refractivity contribution < 1.29 is 14.3 Å². The van der Waals surface area contributed by atoms with Crippen LogP contribution in [-0.4, -0.2) is 62.4 Å². The van der Waals surface area contributed by atoms with Gasteiger partial charge in [-0.15, -0.1) is 0 Å². The molecule has 2 fully saturated rings. The fraction of sp³-hybridized carbons (Fsp3) is 0.923. The lowest BCUT2D eigenvalue weighted by molar-refractivity contribution is -0.137. The zero-order chi connectivity index (χ0) is 13.2. The molecule has 0 radical (unpaired) electrons. The van der Waals surface area contributed by atoms with Crippen LogP contribution in [0.1, 0.15) is 26.2 Å². The molecule has 5 nitrogen and oxygen atoms in total. The molecule has 0 spiro atoms. The Labute approximate surface area is 109 Å². The second-order valence-corrected chi connectivity index (χ2v) is 5.22. The normalized spacial score (nSPS) is 36.3. The molecule has 0 aromatic rings. The predicted molar refractivity (Wildman–Crippen MR) is 68.4 cm³/mol. The van der Waals surface area contributed by atoms with Crippen LogP contribution in [0.4, 0.5) is 0 Å². The average Bonchev–Trinajstić information content (AvgIpc) is 3.04. The minimum absolute atomic E-state index is 0.00532. The number of methoxy groups -OCH3 is 2. The Hall–Kier alpha value is -0.650. The van der Waals surface area contributed by atoms with Crippen molar-refractivity contribution in [3.8, 4) is 0 Å². The first-order chi connectivity index (χ1) is 8.66. The highest BCUT2D eigenvalue weighted by atomic mass is 16.5. The van der Waals surface area contributed by atoms with Crippen LogP contribution in [0.15, 0.2) is 0 Å². The number of nitrogens with one attached hydrogen (secondary N) is 1. The maximum absolute atomic E-state index is 12.7. The first-order valence-electron chi connectivity index (χ1n) is 6.77. The molecule has 2 aliphatic rings. The lowest BCUT2D eigenvalue weighted by atomic mass is 9.92. The summed E-state index contributed by atoms with van der Waals surface area (Å²) in [5.41, 5.74) is -0.346. The van der Waals surface area contributed by atoms with Crippen LogP contribution in [0, 0.1) is 0 Å². The number of nitrogens with zero attached hydrogens (tertiary/aromatic N) is 1. The molecule has 1 N–H and O–H groups in total. The van der Waals surface area contributed by atoms with E-state index in [0.717, 1.165) is 25.8 Å². The first kappa shape index (κ1) is 13.8. The van der Waals surface area contributed by atoms with Crippen LogP contribution >= 0.6 is 0 Å². The Morgan fingerprint density at radius 1 is 1.33 bits per heavy atom. The minimum atomic E-state index is -0.346. The van der Waals surface area contributed by atoms with E-state index in [1.54, 1.807) is 14.2 Å². The van der Waals surface area contributed by atoms with Crippen molar-refractivity contribution >= 4 is 5.91 Å². The van der Waals surface area contributed by atoms with Crippen molar-refractivity contribution in [2.75, 3.05) is 33.9 Å². The van der Waals surface area contributed by atoms with Gasteiger partial charge in [0.25, 0.3) is 0 Å². The van der Waals surface area contributed by atoms with Crippen molar-refractivity contribution in [2.45, 2.75) is 43.9 Å². The van der Waals surface area contributed by atoms with Crippen LogP contribution < -0.4 is 5.32 Å². The standard InChI is InChI=1S/C13H24N2O3/c1-4-13(6-5-7-14-13)12(16)15-8-10(17-2)11(9-15)18-3/h10-11,14H,4-9H2,1-3H3. The van der Waals surface area contributed by atoms with Crippen LogP contribution in [0.2, 0.25) is 0 Å². The van der Waals surface area contributed by atoms with E-state index in [-0.39, 0.29) is 23.7 Å². The largest absolute Gasteiger partial charge is 0.377 e. The van der Waals surface area contributed by atoms with Gasteiger partial charge in [0.15, 0.2) is 0 Å². The fourth-order valence-corrected chi connectivity index (χ4v) is 3.11. The molecule has 2 saturated heterocycles. The lowest BCUT2D eigenvalue weighted by Gasteiger charge is -2.31. The Bertz CT molecular complexity index is 291. The van der Waals surface area contributed by atoms with Gasteiger partial charge < -0.3 is 19.7 Å². The van der Waals surface area contributed by atoms with Crippen LogP contribution in [-0.2, 0) is 14.3 Å². The third-order valence-electron chi connectivity index (χ3n) is 4.36. The molecule has 0 aromatic carbocycles. The van der Waals surface area contributed by atoms with Crippen molar-refractivity contribution in [1.29, 1.82) is 0 Å². The molecule has 2 aliphatic heterocycles. The third-order valence-corrected chi connectivity index (χ3v) is 4.36. The summed E-state index contributed by atoms with van der Waals surface area (Å²) < 4.78 is 10.8. The second kappa shape index (κ2) is 5.55. The van der Waals surface area contributed by atoms with E-state index in [9.17, 15) is 4.79 Å². The molecule has 0 bridgehead atoms. The molecule has 2 rings (SSSR count). The molecular formula is C13H24N2O3. The number of ether oxygens (including phenoxy) is 2. The van der Waals surface area contributed by atoms with Gasteiger partial charge in [-0.3, -0.25) is 4.79 Å². The van der Waals surface area contributed by atoms with Crippen LogP contribution in [0.3, 0.4) is 0 Å². The molecule has 1 amide bonds. The van der Waals surface area contributed by atoms with Crippen LogP contribution in [0.25, 0.3) is 0 Å². The lowest BCUT2D eigenvalue weighted by Crippen LogP contribution is -2.54. The van der Waals surface area contributed by atoms with E-state index >= 15 is 0 Å². The van der Waals surface area contributed by atoms with Gasteiger partial charge in [-0.1, -0.05) is 6.92 Å². The molecule has 0 aliphatic carbocycles. The van der Waals surface area contributed by atoms with Gasteiger partial charge in [-0.05, 0) is 25.8 Å². The summed E-state index contributed by atoms with van der Waals surface area (Å²) in [6, 6.07) is 0. The minimum Gasteiger partial charge on any atom is -0.377 e. The van der Waals surface area contributed by atoms with Crippen molar-refractivity contribution in [3.05, 3.63) is 0 Å². The van der Waals surface area contributed by atoms with Gasteiger partial charge in [0.1, 0.15) is 12.2 Å². The van der Waals surface area contributed by atoms with E-state index in [1.807, 2.05) is 4.90 Å². The first-order valence-corrected chi connectivity index (χ1v) is 6.77. The molecular weight excluding hydrogens is 232 g/mol. The summed E-state index contributed by atoms with van der Waals surface area (Å²) in [5, 5.41) is 3.39. The maximum Gasteiger partial charge on any atom is 0.243 e. The summed E-state index contributed by atoms with van der Waals surface area (Å²) in [6.07, 6.45) is 2.85. The van der Waals surface area contributed by atoms with E-state index < -0.39 is 0 Å². The van der Waals surface area contributed by atoms with E-state index in [1.165, 1.54) is 0 Å². The quantitative estimate of drug-likeness (QED) is 0.790. The summed E-state index contributed by atoms with van der Waals surface area (Å²) in [7, 11) is 3.35. The molecule has 0 saturated carbocycles. The number of hydrogen-bond acceptors (Lipinski definition) is 4. The monoisotopic (exact) mass is 256 g/mol. The number of amides is 1. The highest BCUT2D eigenvalue weighted by molar-refractivity contribution is 5.87. The number of hydrogen-bond donors (Lipinski definition) is 1. The Morgan fingerprint density at radius 3 is 2.33 bits per heavy atom. The number of likely N-dealkylation sites (tertiary alicyclic amines) is 1. The zero-order valence-electron chi connectivity index (χ0n) is 11.6. The third kappa shape index (κ3) is 2.27. The summed E-state index contributed by atoms with van der Waals surface area (Å²) >= 11 is 0. The topological polar surface area (TPSA) is 50.8 Å². The maximum atomic E-state index is 12.7. The van der Waals surface area contributed by atoms with Crippen molar-refractivity contribution in [3.63, 3.8) is 0 Å². The molecule has 3 atom stereocenters. The van der Waals surface area contributed by atoms with Gasteiger partial charge in [-0.25, -0.2) is 0 Å². The highest BCUT2D eigenvalue weighted by Crippen LogP contribution is 2.28. The molecule has 0 aromatic heterocycles. The van der Waals surface area contributed by atoms with E-state index in [0.29, 0.717) is 13.1 Å². The van der Waals surface area contributed by atoms with Gasteiger partial charge in [0, 0.05) is 27.3 Å². The Morgan fingerprint density at radius 2 is 1.94 bits per heavy atom. The highest BCUT2D eigenvalue weighted by Gasteiger charge is 2.45. The second-order valence-electron chi connectivity index (χ2n) is 5.22. The SMILES string of the molecule is CCC1(C(=O)N2CC(OC)C(OC)C2)CCCN1. The van der Waals surface area contributed by atoms with E-state index in [2.05, 4.69) is 12.2 Å². The molecule has 104 valence electrons. The Kier molecular flexibility index (Phi) is 4.25. The Balaban J connectivity index is 2.06. The number of carbonyl (C=O) groups is 1. The average molecular weight is 256 g/mol. The van der Waals surface area contributed by atoms with Gasteiger partial charge in [0.2, 0.25) is 5.91 Å². The summed E-state index contributed by atoms with van der Waals surface area (Å²) in [5.74, 6) is 0.212. The molecule has 18 heavy (non-hydrogen) atoms. The van der Waals surface area contributed by atoms with E-state index in [4.69, 9.17) is 9.47 Å². The predicted octanol–water partition coefficient (Wildman–Crippen LogP) is 0.391. The fourth-order valence-electron chi connectivity index (χ4n) is 3.11. The van der Waals surface area contributed by atoms with Gasteiger partial charge in [0.05, 0.1) is 5.54 Å². The van der Waals surface area contributed by atoms with Gasteiger partial charge >= 0.3 is 0 Å². The molecule has 5 heteroatoms. The molecule has 2 heterocycles. The van der Waals surface area contributed by atoms with Gasteiger partial charge in [-0.2, -0.15) is 0 Å².